The van der Waals surface area contributed by atoms with Gasteiger partial charge in [-0.05, 0) is 29.3 Å². The van der Waals surface area contributed by atoms with Crippen molar-refractivity contribution in [1.82, 2.24) is 4.90 Å². The van der Waals surface area contributed by atoms with Crippen LogP contribution in [0.25, 0.3) is 0 Å². The van der Waals surface area contributed by atoms with E-state index in [2.05, 4.69) is 4.72 Å². The van der Waals surface area contributed by atoms with Crippen LogP contribution in [-0.2, 0) is 23.1 Å². The SMILES string of the molecule is CS(=O)(=O)Nc1cccc(C(=O)N(Cc2ccccc2)Cc2ccccc2)c1. The molecule has 3 aromatic carbocycles. The summed E-state index contributed by atoms with van der Waals surface area (Å²) in [5.74, 6) is -0.162. The van der Waals surface area contributed by atoms with E-state index in [1.165, 1.54) is 0 Å². The molecule has 0 heterocycles. The van der Waals surface area contributed by atoms with Crippen molar-refractivity contribution in [2.24, 2.45) is 0 Å². The molecule has 0 bridgehead atoms. The van der Waals surface area contributed by atoms with Gasteiger partial charge in [-0.1, -0.05) is 66.7 Å². The summed E-state index contributed by atoms with van der Waals surface area (Å²) in [4.78, 5) is 15.0. The van der Waals surface area contributed by atoms with Crippen LogP contribution in [0.4, 0.5) is 5.69 Å². The molecule has 0 aliphatic heterocycles. The summed E-state index contributed by atoms with van der Waals surface area (Å²) >= 11 is 0. The van der Waals surface area contributed by atoms with Gasteiger partial charge < -0.3 is 4.90 Å². The second kappa shape index (κ2) is 8.71. The molecule has 28 heavy (non-hydrogen) atoms. The predicted molar refractivity (Wildman–Crippen MR) is 111 cm³/mol. The van der Waals surface area contributed by atoms with Gasteiger partial charge in [0, 0.05) is 24.3 Å². The minimum absolute atomic E-state index is 0.162. The van der Waals surface area contributed by atoms with Gasteiger partial charge in [-0.3, -0.25) is 9.52 Å². The van der Waals surface area contributed by atoms with Crippen LogP contribution in [0, 0.1) is 0 Å². The van der Waals surface area contributed by atoms with Gasteiger partial charge in [-0.2, -0.15) is 0 Å². The number of rotatable bonds is 7. The zero-order valence-electron chi connectivity index (χ0n) is 15.6. The number of amides is 1. The first-order valence-corrected chi connectivity index (χ1v) is 10.7. The smallest absolute Gasteiger partial charge is 0.254 e. The lowest BCUT2D eigenvalue weighted by molar-refractivity contribution is 0.0730. The van der Waals surface area contributed by atoms with Crippen LogP contribution < -0.4 is 4.72 Å². The van der Waals surface area contributed by atoms with Crippen LogP contribution in [-0.4, -0.2) is 25.5 Å². The van der Waals surface area contributed by atoms with Gasteiger partial charge in [0.1, 0.15) is 0 Å². The fourth-order valence-corrected chi connectivity index (χ4v) is 3.47. The van der Waals surface area contributed by atoms with Gasteiger partial charge in [-0.15, -0.1) is 0 Å². The monoisotopic (exact) mass is 394 g/mol. The van der Waals surface area contributed by atoms with Crippen molar-refractivity contribution in [3.05, 3.63) is 102 Å². The Balaban J connectivity index is 1.88. The number of carbonyl (C=O) groups is 1. The highest BCUT2D eigenvalue weighted by molar-refractivity contribution is 7.92. The minimum atomic E-state index is -3.41. The first-order valence-electron chi connectivity index (χ1n) is 8.86. The second-order valence-electron chi connectivity index (χ2n) is 6.59. The fraction of sp³-hybridized carbons (Fsp3) is 0.136. The number of nitrogens with one attached hydrogen (secondary N) is 1. The first kappa shape index (κ1) is 19.6. The van der Waals surface area contributed by atoms with E-state index in [4.69, 9.17) is 0 Å². The maximum Gasteiger partial charge on any atom is 0.254 e. The molecular weight excluding hydrogens is 372 g/mol. The van der Waals surface area contributed by atoms with E-state index in [0.29, 0.717) is 24.3 Å². The van der Waals surface area contributed by atoms with E-state index in [0.717, 1.165) is 17.4 Å². The normalized spacial score (nSPS) is 11.0. The van der Waals surface area contributed by atoms with Crippen molar-refractivity contribution < 1.29 is 13.2 Å². The predicted octanol–water partition coefficient (Wildman–Crippen LogP) is 3.90. The third kappa shape index (κ3) is 5.69. The molecule has 0 spiro atoms. The molecule has 0 radical (unpaired) electrons. The zero-order valence-corrected chi connectivity index (χ0v) is 16.4. The van der Waals surface area contributed by atoms with Crippen LogP contribution in [0.1, 0.15) is 21.5 Å². The molecule has 144 valence electrons. The van der Waals surface area contributed by atoms with Gasteiger partial charge in [-0.25, -0.2) is 8.42 Å². The quantitative estimate of drug-likeness (QED) is 0.661. The summed E-state index contributed by atoms with van der Waals surface area (Å²) in [5.41, 5.74) is 2.85. The summed E-state index contributed by atoms with van der Waals surface area (Å²) < 4.78 is 25.4. The molecule has 1 amide bonds. The Kier molecular flexibility index (Phi) is 6.11. The Morgan fingerprint density at radius 2 is 1.36 bits per heavy atom. The molecule has 0 aliphatic carbocycles. The third-order valence-electron chi connectivity index (χ3n) is 4.13. The van der Waals surface area contributed by atoms with Crippen molar-refractivity contribution in [3.63, 3.8) is 0 Å². The van der Waals surface area contributed by atoms with Crippen molar-refractivity contribution in [2.75, 3.05) is 11.0 Å². The van der Waals surface area contributed by atoms with Gasteiger partial charge in [0.15, 0.2) is 0 Å². The molecule has 0 unspecified atom stereocenters. The lowest BCUT2D eigenvalue weighted by atomic mass is 10.1. The Bertz CT molecular complexity index is 994. The van der Waals surface area contributed by atoms with Gasteiger partial charge in [0.25, 0.3) is 5.91 Å². The molecule has 6 heteroatoms. The van der Waals surface area contributed by atoms with E-state index in [9.17, 15) is 13.2 Å². The van der Waals surface area contributed by atoms with Crippen LogP contribution in [0.15, 0.2) is 84.9 Å². The maximum absolute atomic E-state index is 13.2. The number of carbonyl (C=O) groups excluding carboxylic acids is 1. The molecule has 3 rings (SSSR count). The van der Waals surface area contributed by atoms with Crippen LogP contribution >= 0.6 is 0 Å². The summed E-state index contributed by atoms with van der Waals surface area (Å²) in [6.45, 7) is 0.913. The first-order chi connectivity index (χ1) is 13.4. The Morgan fingerprint density at radius 3 is 1.86 bits per heavy atom. The van der Waals surface area contributed by atoms with Crippen LogP contribution in [0.3, 0.4) is 0 Å². The molecule has 0 fully saturated rings. The summed E-state index contributed by atoms with van der Waals surface area (Å²) in [6.07, 6.45) is 1.08. The van der Waals surface area contributed by atoms with E-state index in [1.807, 2.05) is 60.7 Å². The molecule has 1 N–H and O–H groups in total. The number of hydrogen-bond acceptors (Lipinski definition) is 3. The van der Waals surface area contributed by atoms with Crippen LogP contribution in [0.5, 0.6) is 0 Å². The molecule has 0 atom stereocenters. The third-order valence-corrected chi connectivity index (χ3v) is 4.74. The van der Waals surface area contributed by atoms with E-state index in [-0.39, 0.29) is 5.91 Å². The summed E-state index contributed by atoms with van der Waals surface area (Å²) in [7, 11) is -3.41. The standard InChI is InChI=1S/C22H22N2O3S/c1-28(26,27)23-21-14-8-13-20(15-21)22(25)24(16-18-9-4-2-5-10-18)17-19-11-6-3-7-12-19/h2-15,23H,16-17H2,1H3. The van der Waals surface area contributed by atoms with E-state index < -0.39 is 10.0 Å². The highest BCUT2D eigenvalue weighted by Gasteiger charge is 2.17. The second-order valence-corrected chi connectivity index (χ2v) is 8.34. The Morgan fingerprint density at radius 1 is 0.821 bits per heavy atom. The fourth-order valence-electron chi connectivity index (χ4n) is 2.92. The van der Waals surface area contributed by atoms with Gasteiger partial charge >= 0.3 is 0 Å². The Hall–Kier alpha value is -3.12. The van der Waals surface area contributed by atoms with E-state index >= 15 is 0 Å². The average Bonchev–Trinajstić information content (AvgIpc) is 2.67. The number of anilines is 1. The van der Waals surface area contributed by atoms with Gasteiger partial charge in [0.2, 0.25) is 10.0 Å². The van der Waals surface area contributed by atoms with E-state index in [1.54, 1.807) is 29.2 Å². The zero-order chi connectivity index (χ0) is 20.0. The molecule has 3 aromatic rings. The van der Waals surface area contributed by atoms with Crippen molar-refractivity contribution >= 4 is 21.6 Å². The van der Waals surface area contributed by atoms with Crippen molar-refractivity contribution in [2.45, 2.75) is 13.1 Å². The molecular formula is C22H22N2O3S. The average molecular weight is 394 g/mol. The molecule has 0 saturated carbocycles. The molecule has 0 aliphatic rings. The van der Waals surface area contributed by atoms with Crippen molar-refractivity contribution in [3.8, 4) is 0 Å². The largest absolute Gasteiger partial charge is 0.330 e. The highest BCUT2D eigenvalue weighted by atomic mass is 32.2. The molecule has 0 aromatic heterocycles. The van der Waals surface area contributed by atoms with Crippen LogP contribution in [0.2, 0.25) is 0 Å². The number of sulfonamides is 1. The number of hydrogen-bond donors (Lipinski definition) is 1. The number of benzene rings is 3. The Labute approximate surface area is 165 Å². The maximum atomic E-state index is 13.2. The number of nitrogens with zero attached hydrogens (tertiary/aromatic N) is 1. The summed E-state index contributed by atoms with van der Waals surface area (Å²) in [5, 5.41) is 0. The lowest BCUT2D eigenvalue weighted by Crippen LogP contribution is -2.30. The van der Waals surface area contributed by atoms with Gasteiger partial charge in [0.05, 0.1) is 6.26 Å². The summed E-state index contributed by atoms with van der Waals surface area (Å²) in [6, 6.07) is 26.1. The lowest BCUT2D eigenvalue weighted by Gasteiger charge is -2.23. The molecule has 5 nitrogen and oxygen atoms in total. The highest BCUT2D eigenvalue weighted by Crippen LogP contribution is 2.18. The molecule has 0 saturated heterocycles. The van der Waals surface area contributed by atoms with Crippen molar-refractivity contribution in [1.29, 1.82) is 0 Å². The topological polar surface area (TPSA) is 66.5 Å². The minimum Gasteiger partial charge on any atom is -0.330 e.